The highest BCUT2D eigenvalue weighted by molar-refractivity contribution is 7.56. The van der Waals surface area contributed by atoms with Crippen molar-refractivity contribution in [2.45, 2.75) is 5.34 Å². The molecule has 0 radical (unpaired) electrons. The lowest BCUT2D eigenvalue weighted by molar-refractivity contribution is 0.0849. The van der Waals surface area contributed by atoms with Crippen LogP contribution < -0.4 is 0 Å². The molecule has 0 aromatic heterocycles. The maximum atomic E-state index is 5.80. The number of ether oxygens (including phenoxy) is 1. The van der Waals surface area contributed by atoms with Gasteiger partial charge in [0.2, 0.25) is 0 Å². The molecule has 0 aliphatic heterocycles. The molecule has 0 amide bonds. The van der Waals surface area contributed by atoms with Gasteiger partial charge in [0.15, 0.2) is 5.34 Å². The van der Waals surface area contributed by atoms with Crippen molar-refractivity contribution < 1.29 is 4.74 Å². The molecule has 0 saturated heterocycles. The monoisotopic (exact) mass is 232 g/mol. The zero-order chi connectivity index (χ0) is 12.0. The number of rotatable bonds is 5. The summed E-state index contributed by atoms with van der Waals surface area (Å²) in [7, 11) is -1.06. The largest absolute Gasteiger partial charge is 0.351 e. The Hall–Kier alpha value is -1.22. The lowest BCUT2D eigenvalue weighted by atomic mass is 10.1. The topological polar surface area (TPSA) is 9.23 Å². The normalized spacial score (nSPS) is 15.8. The van der Waals surface area contributed by atoms with E-state index in [0.717, 1.165) is 5.56 Å². The van der Waals surface area contributed by atoms with Crippen molar-refractivity contribution in [3.05, 3.63) is 48.6 Å². The van der Waals surface area contributed by atoms with Crippen molar-refractivity contribution >= 4 is 13.8 Å². The first kappa shape index (κ1) is 12.8. The van der Waals surface area contributed by atoms with E-state index >= 15 is 0 Å². The fraction of sp³-hybridized carbons (Fsp3) is 0.214. The average Bonchev–Trinajstić information content (AvgIpc) is 2.31. The van der Waals surface area contributed by atoms with Gasteiger partial charge in [-0.15, -0.1) is 13.0 Å². The van der Waals surface area contributed by atoms with Crippen LogP contribution in [0.1, 0.15) is 5.56 Å². The molecule has 2 atom stereocenters. The third-order valence-corrected chi connectivity index (χ3v) is 4.18. The number of terminal acetylenes is 1. The minimum absolute atomic E-state index is 0.441. The quantitative estimate of drug-likeness (QED) is 0.431. The van der Waals surface area contributed by atoms with Crippen LogP contribution >= 0.6 is 7.55 Å². The van der Waals surface area contributed by atoms with E-state index in [4.69, 9.17) is 11.2 Å². The van der Waals surface area contributed by atoms with E-state index in [9.17, 15) is 0 Å². The molecule has 1 aromatic rings. The van der Waals surface area contributed by atoms with E-state index in [1.54, 1.807) is 6.08 Å². The molecule has 0 aliphatic carbocycles. The Morgan fingerprint density at radius 3 is 2.56 bits per heavy atom. The van der Waals surface area contributed by atoms with Gasteiger partial charge in [-0.3, -0.25) is 0 Å². The summed E-state index contributed by atoms with van der Waals surface area (Å²) in [5.74, 6) is 2.78. The molecule has 16 heavy (non-hydrogen) atoms. The van der Waals surface area contributed by atoms with Crippen molar-refractivity contribution in [2.24, 2.45) is 0 Å². The van der Waals surface area contributed by atoms with Gasteiger partial charge in [0, 0.05) is 0 Å². The Morgan fingerprint density at radius 2 is 2.12 bits per heavy atom. The predicted octanol–water partition coefficient (Wildman–Crippen LogP) is 2.95. The maximum absolute atomic E-state index is 5.80. The van der Waals surface area contributed by atoms with Crippen LogP contribution in [0.3, 0.4) is 0 Å². The van der Waals surface area contributed by atoms with Gasteiger partial charge in [-0.2, -0.15) is 0 Å². The molecular weight excluding hydrogens is 215 g/mol. The first-order valence-electron chi connectivity index (χ1n) is 5.11. The summed E-state index contributed by atoms with van der Waals surface area (Å²) in [6, 6.07) is 9.86. The van der Waals surface area contributed by atoms with Gasteiger partial charge in [-0.1, -0.05) is 56.2 Å². The molecule has 1 aromatic carbocycles. The van der Waals surface area contributed by atoms with Crippen LogP contribution in [0.2, 0.25) is 0 Å². The van der Waals surface area contributed by atoms with E-state index in [0.29, 0.717) is 6.61 Å². The summed E-state index contributed by atoms with van der Waals surface area (Å²) < 4.78 is 5.80. The molecule has 0 fully saturated rings. The van der Waals surface area contributed by atoms with Crippen LogP contribution in [0.4, 0.5) is 0 Å². The van der Waals surface area contributed by atoms with Crippen molar-refractivity contribution in [1.29, 1.82) is 0 Å². The molecule has 0 aliphatic rings. The second kappa shape index (κ2) is 5.75. The maximum Gasteiger partial charge on any atom is 0.168 e. The predicted molar refractivity (Wildman–Crippen MR) is 74.5 cm³/mol. The van der Waals surface area contributed by atoms with Gasteiger partial charge in [0.25, 0.3) is 0 Å². The molecule has 84 valence electrons. The fourth-order valence-electron chi connectivity index (χ4n) is 1.56. The zero-order valence-corrected chi connectivity index (χ0v) is 10.6. The second-order valence-corrected chi connectivity index (χ2v) is 5.84. The highest BCUT2D eigenvalue weighted by Gasteiger charge is 2.30. The molecule has 0 saturated carbocycles. The van der Waals surface area contributed by atoms with E-state index in [1.807, 2.05) is 30.3 Å². The van der Waals surface area contributed by atoms with Gasteiger partial charge in [0.05, 0.1) is 6.61 Å². The van der Waals surface area contributed by atoms with Gasteiger partial charge in [0.1, 0.15) is 0 Å². The Kier molecular flexibility index (Phi) is 4.62. The fourth-order valence-corrected chi connectivity index (χ4v) is 2.79. The van der Waals surface area contributed by atoms with Crippen molar-refractivity contribution in [3.8, 4) is 12.3 Å². The minimum Gasteiger partial charge on any atom is -0.351 e. The number of benzene rings is 1. The smallest absolute Gasteiger partial charge is 0.168 e. The summed E-state index contributed by atoms with van der Waals surface area (Å²) in [4.78, 5) is 0. The molecule has 0 bridgehead atoms. The molecule has 1 rings (SSSR count). The van der Waals surface area contributed by atoms with Crippen LogP contribution in [0, 0.1) is 12.3 Å². The van der Waals surface area contributed by atoms with Crippen molar-refractivity contribution in [1.82, 2.24) is 0 Å². The van der Waals surface area contributed by atoms with E-state index < -0.39 is 12.9 Å². The number of hydrogen-bond donors (Lipinski definition) is 0. The van der Waals surface area contributed by atoms with E-state index in [-0.39, 0.29) is 0 Å². The zero-order valence-electron chi connectivity index (χ0n) is 9.57. The molecule has 2 heteroatoms. The Morgan fingerprint density at radius 1 is 1.50 bits per heavy atom. The van der Waals surface area contributed by atoms with Crippen LogP contribution in [0.15, 0.2) is 43.0 Å². The third-order valence-electron chi connectivity index (χ3n) is 2.40. The lowest BCUT2D eigenvalue weighted by Crippen LogP contribution is -2.23. The van der Waals surface area contributed by atoms with Crippen molar-refractivity contribution in [3.63, 3.8) is 0 Å². The van der Waals surface area contributed by atoms with E-state index in [1.165, 1.54) is 0 Å². The third kappa shape index (κ3) is 2.47. The summed E-state index contributed by atoms with van der Waals surface area (Å²) in [5, 5.41) is -0.667. The first-order chi connectivity index (χ1) is 7.67. The summed E-state index contributed by atoms with van der Waals surface area (Å²) >= 11 is 0. The lowest BCUT2D eigenvalue weighted by Gasteiger charge is -2.30. The Bertz CT molecular complexity index is 416. The number of hydrogen-bond acceptors (Lipinski definition) is 1. The summed E-state index contributed by atoms with van der Waals surface area (Å²) in [6.07, 6.45) is 11.5. The van der Waals surface area contributed by atoms with Crippen LogP contribution in [-0.2, 0) is 10.1 Å². The summed E-state index contributed by atoms with van der Waals surface area (Å²) in [5.41, 5.74) is 1.01. The Balaban J connectivity index is 3.19. The SMILES string of the molecule is C#CC(OCC=C)(c1ccccc1)[PH](=C)C. The van der Waals surface area contributed by atoms with Crippen LogP contribution in [0.5, 0.6) is 0 Å². The molecular formula is C14H17OP. The van der Waals surface area contributed by atoms with Crippen LogP contribution in [0.25, 0.3) is 0 Å². The molecule has 0 heterocycles. The van der Waals surface area contributed by atoms with E-state index in [2.05, 4.69) is 25.5 Å². The Labute approximate surface area is 98.5 Å². The standard InChI is InChI=1S/C14H17OP/c1-5-12-15-14(6-2,16(3)4)13-10-8-7-9-11-13/h2,5,7-11,16H,1,3,12H2,4H3. The first-order valence-corrected chi connectivity index (χ1v) is 7.32. The molecule has 0 spiro atoms. The average molecular weight is 232 g/mol. The highest BCUT2D eigenvalue weighted by Crippen LogP contribution is 2.44. The second-order valence-electron chi connectivity index (χ2n) is 3.57. The van der Waals surface area contributed by atoms with Gasteiger partial charge in [-0.25, -0.2) is 0 Å². The van der Waals surface area contributed by atoms with Gasteiger partial charge >= 0.3 is 0 Å². The van der Waals surface area contributed by atoms with Gasteiger partial charge in [-0.05, 0) is 12.2 Å². The molecule has 1 nitrogen and oxygen atoms in total. The summed E-state index contributed by atoms with van der Waals surface area (Å²) in [6.45, 7) is 6.15. The minimum atomic E-state index is -1.06. The van der Waals surface area contributed by atoms with Crippen LogP contribution in [-0.4, -0.2) is 19.6 Å². The highest BCUT2D eigenvalue weighted by atomic mass is 31.1. The van der Waals surface area contributed by atoms with Crippen molar-refractivity contribution in [2.75, 3.05) is 13.3 Å². The molecule has 2 unspecified atom stereocenters. The molecule has 0 N–H and O–H groups in total. The van der Waals surface area contributed by atoms with Gasteiger partial charge < -0.3 is 4.74 Å².